The van der Waals surface area contributed by atoms with E-state index in [4.69, 9.17) is 0 Å². The maximum atomic E-state index is 9.89. The monoisotopic (exact) mass is 224 g/mol. The molecule has 0 heterocycles. The van der Waals surface area contributed by atoms with Crippen LogP contribution in [0.1, 0.15) is 5.56 Å². The number of fused-ring (bicyclic) bond motifs is 2. The lowest BCUT2D eigenvalue weighted by atomic mass is 9.97. The Morgan fingerprint density at radius 2 is 1.59 bits per heavy atom. The van der Waals surface area contributed by atoms with Gasteiger partial charge in [-0.05, 0) is 40.8 Å². The number of hydrogen-bond acceptors (Lipinski definition) is 2. The number of aromatic hydroxyl groups is 2. The van der Waals surface area contributed by atoms with E-state index >= 15 is 0 Å². The summed E-state index contributed by atoms with van der Waals surface area (Å²) in [5, 5.41) is 23.3. The molecule has 0 aromatic heterocycles. The summed E-state index contributed by atoms with van der Waals surface area (Å²) < 4.78 is 0. The molecular weight excluding hydrogens is 212 g/mol. The van der Waals surface area contributed by atoms with Crippen LogP contribution in [0, 0.1) is 6.92 Å². The van der Waals surface area contributed by atoms with Gasteiger partial charge in [-0.2, -0.15) is 0 Å². The predicted molar refractivity (Wildman–Crippen MR) is 69.5 cm³/mol. The summed E-state index contributed by atoms with van der Waals surface area (Å²) in [7, 11) is 0. The number of aryl methyl sites for hydroxylation is 1. The molecule has 0 unspecified atom stereocenters. The molecule has 0 saturated heterocycles. The highest BCUT2D eigenvalue weighted by Gasteiger charge is 2.09. The number of rotatable bonds is 0. The molecule has 17 heavy (non-hydrogen) atoms. The molecular formula is C15H12O2. The summed E-state index contributed by atoms with van der Waals surface area (Å²) in [6.45, 7) is 2.03. The van der Waals surface area contributed by atoms with Gasteiger partial charge in [-0.15, -0.1) is 0 Å². The van der Waals surface area contributed by atoms with Gasteiger partial charge < -0.3 is 10.2 Å². The third-order valence-corrected chi connectivity index (χ3v) is 3.26. The molecule has 0 fully saturated rings. The average Bonchev–Trinajstić information content (AvgIpc) is 2.35. The summed E-state index contributed by atoms with van der Waals surface area (Å²) >= 11 is 0. The molecule has 0 spiro atoms. The smallest absolute Gasteiger partial charge is 0.165 e. The lowest BCUT2D eigenvalue weighted by Gasteiger charge is -2.09. The van der Waals surface area contributed by atoms with E-state index in [1.54, 1.807) is 0 Å². The van der Waals surface area contributed by atoms with Gasteiger partial charge >= 0.3 is 0 Å². The normalized spacial score (nSPS) is 11.1. The molecule has 0 aliphatic rings. The Morgan fingerprint density at radius 1 is 0.824 bits per heavy atom. The Balaban J connectivity index is 2.59. The quantitative estimate of drug-likeness (QED) is 0.451. The zero-order valence-electron chi connectivity index (χ0n) is 9.44. The van der Waals surface area contributed by atoms with Crippen molar-refractivity contribution in [1.29, 1.82) is 0 Å². The Bertz CT molecular complexity index is 730. The van der Waals surface area contributed by atoms with Crippen LogP contribution < -0.4 is 0 Å². The summed E-state index contributed by atoms with van der Waals surface area (Å²) in [5.41, 5.74) is 1.12. The van der Waals surface area contributed by atoms with Crippen LogP contribution >= 0.6 is 0 Å². The van der Waals surface area contributed by atoms with Gasteiger partial charge in [0, 0.05) is 5.39 Å². The van der Waals surface area contributed by atoms with E-state index in [-0.39, 0.29) is 11.5 Å². The van der Waals surface area contributed by atoms with E-state index in [0.717, 1.165) is 16.3 Å². The van der Waals surface area contributed by atoms with Gasteiger partial charge in [-0.1, -0.05) is 30.3 Å². The third-order valence-electron chi connectivity index (χ3n) is 3.26. The number of phenols is 2. The summed E-state index contributed by atoms with van der Waals surface area (Å²) in [6, 6.07) is 13.3. The van der Waals surface area contributed by atoms with Crippen molar-refractivity contribution < 1.29 is 10.2 Å². The summed E-state index contributed by atoms with van der Waals surface area (Å²) in [4.78, 5) is 0. The minimum atomic E-state index is -0.0767. The number of benzene rings is 3. The molecule has 0 aliphatic carbocycles. The SMILES string of the molecule is Cc1c2ccccc2cc2c(O)c(O)ccc12. The van der Waals surface area contributed by atoms with Gasteiger partial charge in [0.05, 0.1) is 0 Å². The van der Waals surface area contributed by atoms with Gasteiger partial charge in [0.2, 0.25) is 0 Å². The van der Waals surface area contributed by atoms with Gasteiger partial charge in [0.15, 0.2) is 11.5 Å². The minimum Gasteiger partial charge on any atom is -0.504 e. The van der Waals surface area contributed by atoms with E-state index in [0.29, 0.717) is 5.39 Å². The fourth-order valence-corrected chi connectivity index (χ4v) is 2.33. The predicted octanol–water partition coefficient (Wildman–Crippen LogP) is 3.71. The highest BCUT2D eigenvalue weighted by atomic mass is 16.3. The largest absolute Gasteiger partial charge is 0.504 e. The molecule has 0 saturated carbocycles. The number of phenolic OH excluding ortho intramolecular Hbond substituents is 2. The second-order valence-corrected chi connectivity index (χ2v) is 4.25. The fraction of sp³-hybridized carbons (Fsp3) is 0.0667. The van der Waals surface area contributed by atoms with Crippen LogP contribution in [0.2, 0.25) is 0 Å². The van der Waals surface area contributed by atoms with Crippen LogP contribution in [0.25, 0.3) is 21.5 Å². The van der Waals surface area contributed by atoms with Crippen molar-refractivity contribution in [3.63, 3.8) is 0 Å². The molecule has 0 amide bonds. The lowest BCUT2D eigenvalue weighted by molar-refractivity contribution is 0.408. The Hall–Kier alpha value is -2.22. The van der Waals surface area contributed by atoms with Gasteiger partial charge in [-0.3, -0.25) is 0 Å². The van der Waals surface area contributed by atoms with Crippen LogP contribution in [0.3, 0.4) is 0 Å². The van der Waals surface area contributed by atoms with E-state index in [1.807, 2.05) is 37.3 Å². The first-order chi connectivity index (χ1) is 8.18. The first kappa shape index (κ1) is 9.97. The fourth-order valence-electron chi connectivity index (χ4n) is 2.33. The molecule has 3 aromatic rings. The van der Waals surface area contributed by atoms with Gasteiger partial charge in [0.1, 0.15) is 0 Å². The Labute approximate surface area is 98.7 Å². The average molecular weight is 224 g/mol. The third kappa shape index (κ3) is 1.34. The first-order valence-corrected chi connectivity index (χ1v) is 5.51. The lowest BCUT2D eigenvalue weighted by Crippen LogP contribution is -1.83. The van der Waals surface area contributed by atoms with E-state index in [1.165, 1.54) is 11.5 Å². The van der Waals surface area contributed by atoms with E-state index < -0.39 is 0 Å². The van der Waals surface area contributed by atoms with Gasteiger partial charge in [0.25, 0.3) is 0 Å². The molecule has 84 valence electrons. The summed E-state index contributed by atoms with van der Waals surface area (Å²) in [5.74, 6) is -0.122. The molecule has 0 aliphatic heterocycles. The highest BCUT2D eigenvalue weighted by Crippen LogP contribution is 2.37. The molecule has 0 radical (unpaired) electrons. The van der Waals surface area contributed by atoms with Crippen molar-refractivity contribution in [1.82, 2.24) is 0 Å². The van der Waals surface area contributed by atoms with Crippen molar-refractivity contribution >= 4 is 21.5 Å². The molecule has 0 atom stereocenters. The molecule has 3 rings (SSSR count). The first-order valence-electron chi connectivity index (χ1n) is 5.51. The molecule has 2 nitrogen and oxygen atoms in total. The van der Waals surface area contributed by atoms with Crippen LogP contribution in [-0.4, -0.2) is 10.2 Å². The standard InChI is InChI=1S/C15H12O2/c1-9-11-5-3-2-4-10(11)8-13-12(9)6-7-14(16)15(13)17/h2-8,16-17H,1H3. The van der Waals surface area contributed by atoms with E-state index in [2.05, 4.69) is 6.07 Å². The van der Waals surface area contributed by atoms with Crippen LogP contribution in [0.4, 0.5) is 0 Å². The second-order valence-electron chi connectivity index (χ2n) is 4.25. The molecule has 2 N–H and O–H groups in total. The van der Waals surface area contributed by atoms with Crippen molar-refractivity contribution in [2.75, 3.05) is 0 Å². The Kier molecular flexibility index (Phi) is 1.99. The van der Waals surface area contributed by atoms with Crippen molar-refractivity contribution in [3.05, 3.63) is 48.0 Å². The minimum absolute atomic E-state index is 0.0450. The highest BCUT2D eigenvalue weighted by molar-refractivity contribution is 6.05. The van der Waals surface area contributed by atoms with Crippen molar-refractivity contribution in [2.24, 2.45) is 0 Å². The van der Waals surface area contributed by atoms with Crippen molar-refractivity contribution in [3.8, 4) is 11.5 Å². The van der Waals surface area contributed by atoms with Crippen LogP contribution in [-0.2, 0) is 0 Å². The zero-order valence-corrected chi connectivity index (χ0v) is 9.44. The van der Waals surface area contributed by atoms with Crippen molar-refractivity contribution in [2.45, 2.75) is 6.92 Å². The second kappa shape index (κ2) is 3.39. The summed E-state index contributed by atoms with van der Waals surface area (Å²) in [6.07, 6.45) is 0. The molecule has 3 aromatic carbocycles. The maximum Gasteiger partial charge on any atom is 0.165 e. The van der Waals surface area contributed by atoms with Crippen LogP contribution in [0.5, 0.6) is 11.5 Å². The Morgan fingerprint density at radius 3 is 2.41 bits per heavy atom. The van der Waals surface area contributed by atoms with Crippen LogP contribution in [0.15, 0.2) is 42.5 Å². The van der Waals surface area contributed by atoms with E-state index in [9.17, 15) is 10.2 Å². The topological polar surface area (TPSA) is 40.5 Å². The maximum absolute atomic E-state index is 9.89. The molecule has 2 heteroatoms. The number of hydrogen-bond donors (Lipinski definition) is 2. The zero-order chi connectivity index (χ0) is 12.0. The van der Waals surface area contributed by atoms with Gasteiger partial charge in [-0.25, -0.2) is 0 Å². The molecule has 0 bridgehead atoms.